The third-order valence-electron chi connectivity index (χ3n) is 2.72. The first-order valence-corrected chi connectivity index (χ1v) is 7.56. The molecule has 2 aromatic rings. The Bertz CT molecular complexity index is 643. The minimum atomic E-state index is -0.389. The third-order valence-corrected chi connectivity index (χ3v) is 4.17. The molecule has 0 spiro atoms. The minimum absolute atomic E-state index is 0.383. The molecule has 1 aromatic heterocycles. The molecule has 2 rings (SSSR count). The number of urea groups is 1. The van der Waals surface area contributed by atoms with Gasteiger partial charge >= 0.3 is 6.03 Å². The molecule has 0 saturated carbocycles. The van der Waals surface area contributed by atoms with E-state index >= 15 is 0 Å². The number of methoxy groups -OCH3 is 1. The van der Waals surface area contributed by atoms with Gasteiger partial charge in [-0.3, -0.25) is 5.32 Å². The number of hydrogen-bond donors (Lipinski definition) is 2. The summed E-state index contributed by atoms with van der Waals surface area (Å²) in [6, 6.07) is 4.62. The molecule has 0 bridgehead atoms. The zero-order valence-corrected chi connectivity index (χ0v) is 13.5. The van der Waals surface area contributed by atoms with E-state index in [1.807, 2.05) is 0 Å². The summed E-state index contributed by atoms with van der Waals surface area (Å²) in [6.45, 7) is 4.16. The molecule has 0 radical (unpaired) electrons. The van der Waals surface area contributed by atoms with Crippen LogP contribution < -0.4 is 15.4 Å². The highest BCUT2D eigenvalue weighted by Crippen LogP contribution is 2.28. The average molecular weight is 326 g/mol. The summed E-state index contributed by atoms with van der Waals surface area (Å²) < 4.78 is 5.17. The zero-order chi connectivity index (χ0) is 15.4. The molecule has 0 atom stereocenters. The van der Waals surface area contributed by atoms with Gasteiger partial charge in [-0.15, -0.1) is 11.3 Å². The molecule has 1 heterocycles. The van der Waals surface area contributed by atoms with Crippen LogP contribution in [0.2, 0.25) is 5.02 Å². The molecule has 2 N–H and O–H groups in total. The molecular weight excluding hydrogens is 310 g/mol. The van der Waals surface area contributed by atoms with Crippen molar-refractivity contribution in [3.63, 3.8) is 0 Å². The summed E-state index contributed by atoms with van der Waals surface area (Å²) in [5, 5.41) is 6.46. The van der Waals surface area contributed by atoms with Gasteiger partial charge in [0.2, 0.25) is 0 Å². The first kappa shape index (κ1) is 15.6. The van der Waals surface area contributed by atoms with Crippen LogP contribution in [0.4, 0.5) is 15.6 Å². The topological polar surface area (TPSA) is 63.2 Å². The first-order chi connectivity index (χ1) is 9.99. The first-order valence-electron chi connectivity index (χ1n) is 6.37. The van der Waals surface area contributed by atoms with Crippen LogP contribution >= 0.6 is 22.9 Å². The Kier molecular flexibility index (Phi) is 5.03. The molecule has 21 heavy (non-hydrogen) atoms. The maximum absolute atomic E-state index is 12.0. The van der Waals surface area contributed by atoms with Gasteiger partial charge in [-0.05, 0) is 24.1 Å². The predicted molar refractivity (Wildman–Crippen MR) is 86.8 cm³/mol. The number of halogens is 1. The van der Waals surface area contributed by atoms with Gasteiger partial charge in [0.05, 0.1) is 12.8 Å². The molecule has 0 aliphatic carbocycles. The number of amides is 2. The summed E-state index contributed by atoms with van der Waals surface area (Å²) >= 11 is 7.37. The normalized spacial score (nSPS) is 10.5. The number of carbonyl (C=O) groups excluding carboxylic acids is 1. The Morgan fingerprint density at radius 2 is 2.14 bits per heavy atom. The highest BCUT2D eigenvalue weighted by Gasteiger charge is 2.11. The highest BCUT2D eigenvalue weighted by molar-refractivity contribution is 7.15. The van der Waals surface area contributed by atoms with Crippen LogP contribution in [0.25, 0.3) is 0 Å². The van der Waals surface area contributed by atoms with Gasteiger partial charge < -0.3 is 10.1 Å². The molecular formula is C14H16ClN3O2S. The van der Waals surface area contributed by atoms with Crippen LogP contribution in [0, 0.1) is 0 Å². The Labute approximate surface area is 132 Å². The maximum Gasteiger partial charge on any atom is 0.325 e. The Hall–Kier alpha value is -1.79. The van der Waals surface area contributed by atoms with E-state index in [0.717, 1.165) is 4.88 Å². The minimum Gasteiger partial charge on any atom is -0.495 e. The van der Waals surface area contributed by atoms with E-state index in [2.05, 4.69) is 29.5 Å². The van der Waals surface area contributed by atoms with E-state index in [9.17, 15) is 4.79 Å². The summed E-state index contributed by atoms with van der Waals surface area (Å²) in [5.74, 6) is 0.922. The number of ether oxygens (including phenoxy) is 1. The number of thiazole rings is 1. The second kappa shape index (κ2) is 6.78. The largest absolute Gasteiger partial charge is 0.495 e. The van der Waals surface area contributed by atoms with Crippen LogP contribution in [0.5, 0.6) is 5.75 Å². The van der Waals surface area contributed by atoms with E-state index in [-0.39, 0.29) is 6.03 Å². The highest BCUT2D eigenvalue weighted by atomic mass is 35.5. The number of carbonyl (C=O) groups is 1. The molecule has 0 unspecified atom stereocenters. The van der Waals surface area contributed by atoms with Crippen LogP contribution in [-0.4, -0.2) is 18.1 Å². The summed E-state index contributed by atoms with van der Waals surface area (Å²) in [5.41, 5.74) is 0.503. The number of anilines is 2. The van der Waals surface area contributed by atoms with Gasteiger partial charge in [0.1, 0.15) is 5.75 Å². The van der Waals surface area contributed by atoms with Crippen molar-refractivity contribution in [1.29, 1.82) is 0 Å². The second-order valence-corrected chi connectivity index (χ2v) is 6.14. The molecule has 0 fully saturated rings. The molecule has 0 aliphatic heterocycles. The predicted octanol–water partition coefficient (Wildman–Crippen LogP) is 4.57. The van der Waals surface area contributed by atoms with Gasteiger partial charge in [-0.25, -0.2) is 9.78 Å². The molecule has 7 heteroatoms. The lowest BCUT2D eigenvalue weighted by Gasteiger charge is -2.10. The van der Waals surface area contributed by atoms with E-state index in [1.54, 1.807) is 24.4 Å². The number of nitrogens with zero attached hydrogens (tertiary/aromatic N) is 1. The zero-order valence-electron chi connectivity index (χ0n) is 11.9. The second-order valence-electron chi connectivity index (χ2n) is 4.65. The average Bonchev–Trinajstić information content (AvgIpc) is 2.87. The van der Waals surface area contributed by atoms with Crippen molar-refractivity contribution in [3.05, 3.63) is 34.3 Å². The van der Waals surface area contributed by atoms with Gasteiger partial charge in [-0.2, -0.15) is 0 Å². The van der Waals surface area contributed by atoms with Crippen LogP contribution in [-0.2, 0) is 0 Å². The quantitative estimate of drug-likeness (QED) is 0.865. The summed E-state index contributed by atoms with van der Waals surface area (Å²) in [4.78, 5) is 17.3. The molecule has 0 aliphatic rings. The lowest BCUT2D eigenvalue weighted by atomic mass is 10.2. The number of rotatable bonds is 4. The summed E-state index contributed by atoms with van der Waals surface area (Å²) in [6.07, 6.45) is 1.77. The molecule has 1 aromatic carbocycles. The van der Waals surface area contributed by atoms with Crippen LogP contribution in [0.3, 0.4) is 0 Å². The molecule has 5 nitrogen and oxygen atoms in total. The smallest absolute Gasteiger partial charge is 0.325 e. The Morgan fingerprint density at radius 3 is 2.76 bits per heavy atom. The number of aromatic nitrogens is 1. The fraction of sp³-hybridized carbons (Fsp3) is 0.286. The van der Waals surface area contributed by atoms with Crippen molar-refractivity contribution in [2.75, 3.05) is 17.7 Å². The summed E-state index contributed by atoms with van der Waals surface area (Å²) in [7, 11) is 1.53. The Morgan fingerprint density at radius 1 is 1.38 bits per heavy atom. The van der Waals surface area contributed by atoms with E-state index < -0.39 is 0 Å². The van der Waals surface area contributed by atoms with Crippen LogP contribution in [0.1, 0.15) is 24.6 Å². The van der Waals surface area contributed by atoms with E-state index in [0.29, 0.717) is 27.5 Å². The number of benzene rings is 1. The van der Waals surface area contributed by atoms with E-state index in [1.165, 1.54) is 18.4 Å². The van der Waals surface area contributed by atoms with Crippen molar-refractivity contribution >= 4 is 39.8 Å². The monoisotopic (exact) mass is 325 g/mol. The molecule has 2 amide bonds. The van der Waals surface area contributed by atoms with E-state index in [4.69, 9.17) is 16.3 Å². The van der Waals surface area contributed by atoms with Gasteiger partial charge in [-0.1, -0.05) is 25.4 Å². The SMILES string of the molecule is COc1ccc(Cl)cc1NC(=O)Nc1ncc(C(C)C)s1. The lowest BCUT2D eigenvalue weighted by molar-refractivity contribution is 0.262. The van der Waals surface area contributed by atoms with Crippen molar-refractivity contribution in [1.82, 2.24) is 4.98 Å². The molecule has 112 valence electrons. The van der Waals surface area contributed by atoms with Gasteiger partial charge in [0.15, 0.2) is 5.13 Å². The van der Waals surface area contributed by atoms with Crippen LogP contribution in [0.15, 0.2) is 24.4 Å². The fourth-order valence-corrected chi connectivity index (χ4v) is 2.63. The number of hydrogen-bond acceptors (Lipinski definition) is 4. The fourth-order valence-electron chi connectivity index (χ4n) is 1.64. The number of nitrogens with one attached hydrogen (secondary N) is 2. The van der Waals surface area contributed by atoms with Gasteiger partial charge in [0, 0.05) is 16.1 Å². The van der Waals surface area contributed by atoms with Crippen molar-refractivity contribution in [2.45, 2.75) is 19.8 Å². The van der Waals surface area contributed by atoms with Crippen molar-refractivity contribution in [2.24, 2.45) is 0 Å². The lowest BCUT2D eigenvalue weighted by Crippen LogP contribution is -2.19. The maximum atomic E-state index is 12.0. The Balaban J connectivity index is 2.06. The van der Waals surface area contributed by atoms with Crippen molar-refractivity contribution in [3.8, 4) is 5.75 Å². The van der Waals surface area contributed by atoms with Gasteiger partial charge in [0.25, 0.3) is 0 Å². The standard InChI is InChI=1S/C14H16ClN3O2S/c1-8(2)12-7-16-14(21-12)18-13(19)17-10-6-9(15)4-5-11(10)20-3/h4-8H,1-3H3,(H2,16,17,18,19). The third kappa shape index (κ3) is 4.09. The molecule has 0 saturated heterocycles. The van der Waals surface area contributed by atoms with Crippen molar-refractivity contribution < 1.29 is 9.53 Å².